The Kier molecular flexibility index (Phi) is 5.31. The van der Waals surface area contributed by atoms with Gasteiger partial charge < -0.3 is 10.0 Å². The van der Waals surface area contributed by atoms with Crippen LogP contribution >= 0.6 is 11.8 Å². The third-order valence-corrected chi connectivity index (χ3v) is 3.65. The van der Waals surface area contributed by atoms with E-state index in [2.05, 4.69) is 0 Å². The summed E-state index contributed by atoms with van der Waals surface area (Å²) in [6, 6.07) is 4.05. The number of nitro benzene ring substituents is 1. The maximum Gasteiger partial charge on any atom is 0.283 e. The van der Waals surface area contributed by atoms with Gasteiger partial charge in [0.25, 0.3) is 11.6 Å². The molecule has 1 unspecified atom stereocenters. The molecule has 0 heterocycles. The Balaban J connectivity index is 3.12. The molecular weight excluding hydrogens is 268 g/mol. The van der Waals surface area contributed by atoms with E-state index in [1.165, 1.54) is 22.7 Å². The van der Waals surface area contributed by atoms with Gasteiger partial charge in [0, 0.05) is 18.7 Å². The van der Waals surface area contributed by atoms with Gasteiger partial charge in [0.15, 0.2) is 0 Å². The molecule has 0 fully saturated rings. The van der Waals surface area contributed by atoms with E-state index < -0.39 is 4.92 Å². The van der Waals surface area contributed by atoms with E-state index in [9.17, 15) is 14.9 Å². The monoisotopic (exact) mass is 284 g/mol. The molecule has 7 heteroatoms. The summed E-state index contributed by atoms with van der Waals surface area (Å²) in [4.78, 5) is 24.4. The number of hydrogen-bond donors (Lipinski definition) is 1. The molecule has 0 saturated heterocycles. The quantitative estimate of drug-likeness (QED) is 0.506. The minimum atomic E-state index is -0.502. The Morgan fingerprint density at radius 2 is 2.21 bits per heavy atom. The van der Waals surface area contributed by atoms with Crippen molar-refractivity contribution in [2.45, 2.75) is 17.9 Å². The Bertz CT molecular complexity index is 493. The van der Waals surface area contributed by atoms with Gasteiger partial charge in [-0.25, -0.2) is 0 Å². The molecule has 0 spiro atoms. The first kappa shape index (κ1) is 15.5. The summed E-state index contributed by atoms with van der Waals surface area (Å²) in [5, 5.41) is 20.0. The Hall–Kier alpha value is -1.60. The van der Waals surface area contributed by atoms with Crippen molar-refractivity contribution >= 4 is 23.4 Å². The van der Waals surface area contributed by atoms with Crippen LogP contribution in [0.15, 0.2) is 23.1 Å². The first-order chi connectivity index (χ1) is 8.92. The second-order valence-corrected chi connectivity index (χ2v) is 4.94. The lowest BCUT2D eigenvalue weighted by Crippen LogP contribution is -2.37. The Labute approximate surface area is 115 Å². The largest absolute Gasteiger partial charge is 0.394 e. The van der Waals surface area contributed by atoms with Gasteiger partial charge in [0.1, 0.15) is 0 Å². The third kappa shape index (κ3) is 3.45. The summed E-state index contributed by atoms with van der Waals surface area (Å²) in [5.41, 5.74) is 0.163. The Morgan fingerprint density at radius 1 is 1.58 bits per heavy atom. The molecule has 0 aliphatic rings. The molecule has 104 valence electrons. The molecule has 0 aromatic heterocycles. The van der Waals surface area contributed by atoms with Crippen LogP contribution in [-0.2, 0) is 0 Å². The number of aliphatic hydroxyl groups excluding tert-OH is 1. The van der Waals surface area contributed by atoms with Crippen LogP contribution in [0, 0.1) is 10.1 Å². The highest BCUT2D eigenvalue weighted by Gasteiger charge is 2.21. The summed E-state index contributed by atoms with van der Waals surface area (Å²) in [6.07, 6.45) is 1.74. The highest BCUT2D eigenvalue weighted by Crippen LogP contribution is 2.28. The second kappa shape index (κ2) is 6.53. The lowest BCUT2D eigenvalue weighted by atomic mass is 10.1. The molecule has 0 radical (unpaired) electrons. The number of nitro groups is 1. The molecule has 1 aromatic rings. The molecular formula is C12H16N2O4S. The number of carbonyl (C=O) groups is 1. The van der Waals surface area contributed by atoms with Crippen molar-refractivity contribution in [1.29, 1.82) is 0 Å². The first-order valence-electron chi connectivity index (χ1n) is 5.62. The van der Waals surface area contributed by atoms with Crippen molar-refractivity contribution in [3.63, 3.8) is 0 Å². The smallest absolute Gasteiger partial charge is 0.283 e. The normalized spacial score (nSPS) is 12.0. The zero-order valence-electron chi connectivity index (χ0n) is 11.0. The minimum absolute atomic E-state index is 0.0802. The van der Waals surface area contributed by atoms with Gasteiger partial charge in [-0.05, 0) is 25.3 Å². The maximum atomic E-state index is 12.1. The van der Waals surface area contributed by atoms with Crippen LogP contribution in [0.3, 0.4) is 0 Å². The highest BCUT2D eigenvalue weighted by atomic mass is 32.2. The fourth-order valence-corrected chi connectivity index (χ4v) is 2.04. The van der Waals surface area contributed by atoms with Crippen LogP contribution in [0.25, 0.3) is 0 Å². The van der Waals surface area contributed by atoms with Crippen molar-refractivity contribution in [3.8, 4) is 0 Å². The summed E-state index contributed by atoms with van der Waals surface area (Å²) in [6.45, 7) is 1.54. The van der Waals surface area contributed by atoms with Crippen LogP contribution in [0.1, 0.15) is 17.3 Å². The minimum Gasteiger partial charge on any atom is -0.394 e. The van der Waals surface area contributed by atoms with Gasteiger partial charge in [-0.15, -0.1) is 11.8 Å². The Morgan fingerprint density at radius 3 is 2.68 bits per heavy atom. The van der Waals surface area contributed by atoms with E-state index in [1.807, 2.05) is 0 Å². The molecule has 0 aliphatic heterocycles. The van der Waals surface area contributed by atoms with Gasteiger partial charge in [-0.2, -0.15) is 0 Å². The van der Waals surface area contributed by atoms with Crippen LogP contribution in [0.5, 0.6) is 0 Å². The topological polar surface area (TPSA) is 83.7 Å². The summed E-state index contributed by atoms with van der Waals surface area (Å²) >= 11 is 1.26. The van der Waals surface area contributed by atoms with E-state index in [1.54, 1.807) is 32.4 Å². The number of likely N-dealkylation sites (N-methyl/N-ethyl adjacent to an activating group) is 1. The highest BCUT2D eigenvalue weighted by molar-refractivity contribution is 7.98. The maximum absolute atomic E-state index is 12.1. The van der Waals surface area contributed by atoms with Crippen molar-refractivity contribution in [1.82, 2.24) is 4.90 Å². The van der Waals surface area contributed by atoms with Gasteiger partial charge in [0.2, 0.25) is 0 Å². The van der Waals surface area contributed by atoms with Crippen molar-refractivity contribution in [3.05, 3.63) is 33.9 Å². The molecule has 1 N–H and O–H groups in total. The van der Waals surface area contributed by atoms with E-state index in [0.29, 0.717) is 4.90 Å². The number of aliphatic hydroxyl groups is 1. The first-order valence-corrected chi connectivity index (χ1v) is 6.85. The van der Waals surface area contributed by atoms with Crippen LogP contribution < -0.4 is 0 Å². The number of nitrogens with zero attached hydrogens (tertiary/aromatic N) is 2. The van der Waals surface area contributed by atoms with Crippen LogP contribution in [0.4, 0.5) is 5.69 Å². The fraction of sp³-hybridized carbons (Fsp3) is 0.417. The number of hydrogen-bond acceptors (Lipinski definition) is 5. The molecule has 1 amide bonds. The van der Waals surface area contributed by atoms with Crippen molar-refractivity contribution in [2.75, 3.05) is 19.9 Å². The summed E-state index contributed by atoms with van der Waals surface area (Å²) in [5.74, 6) is -0.350. The van der Waals surface area contributed by atoms with Crippen LogP contribution in [0.2, 0.25) is 0 Å². The average molecular weight is 284 g/mol. The van der Waals surface area contributed by atoms with Crippen molar-refractivity contribution < 1.29 is 14.8 Å². The van der Waals surface area contributed by atoms with Gasteiger partial charge in [-0.1, -0.05) is 0 Å². The average Bonchev–Trinajstić information content (AvgIpc) is 2.43. The summed E-state index contributed by atoms with van der Waals surface area (Å²) < 4.78 is 0. The lowest BCUT2D eigenvalue weighted by molar-refractivity contribution is -0.387. The second-order valence-electron chi connectivity index (χ2n) is 4.09. The number of carbonyl (C=O) groups excluding carboxylic acids is 1. The number of benzene rings is 1. The predicted molar refractivity (Wildman–Crippen MR) is 73.5 cm³/mol. The van der Waals surface area contributed by atoms with E-state index >= 15 is 0 Å². The molecule has 1 atom stereocenters. The summed E-state index contributed by atoms with van der Waals surface area (Å²) in [7, 11) is 1.55. The lowest BCUT2D eigenvalue weighted by Gasteiger charge is -2.23. The molecule has 0 bridgehead atoms. The molecule has 6 nitrogen and oxygen atoms in total. The van der Waals surface area contributed by atoms with Gasteiger partial charge >= 0.3 is 0 Å². The predicted octanol–water partition coefficient (Wildman–Crippen LogP) is 1.77. The molecule has 1 rings (SSSR count). The van der Waals surface area contributed by atoms with Crippen LogP contribution in [-0.4, -0.2) is 46.8 Å². The number of rotatable bonds is 5. The standard InChI is InChI=1S/C12H16N2O4S/c1-8(7-15)13(2)12(16)9-4-5-11(19-3)10(6-9)14(17)18/h4-6,8,15H,7H2,1-3H3. The zero-order valence-corrected chi connectivity index (χ0v) is 11.8. The molecule has 0 saturated carbocycles. The number of thioether (sulfide) groups is 1. The van der Waals surface area contributed by atoms with E-state index in [-0.39, 0.29) is 29.8 Å². The molecule has 1 aromatic carbocycles. The van der Waals surface area contributed by atoms with E-state index in [0.717, 1.165) is 0 Å². The molecule has 0 aliphatic carbocycles. The van der Waals surface area contributed by atoms with Gasteiger partial charge in [0.05, 0.1) is 22.5 Å². The molecule has 19 heavy (non-hydrogen) atoms. The zero-order chi connectivity index (χ0) is 14.6. The number of amides is 1. The third-order valence-electron chi connectivity index (χ3n) is 2.87. The van der Waals surface area contributed by atoms with E-state index in [4.69, 9.17) is 5.11 Å². The SMILES string of the molecule is CSc1ccc(C(=O)N(C)C(C)CO)cc1[N+](=O)[O-]. The fourth-order valence-electron chi connectivity index (χ4n) is 1.49. The van der Waals surface area contributed by atoms with Gasteiger partial charge in [-0.3, -0.25) is 14.9 Å². The van der Waals surface area contributed by atoms with Crippen molar-refractivity contribution in [2.24, 2.45) is 0 Å².